The highest BCUT2D eigenvalue weighted by Gasteiger charge is 2.40. The Morgan fingerprint density at radius 3 is 2.60 bits per heavy atom. The van der Waals surface area contributed by atoms with Gasteiger partial charge in [-0.3, -0.25) is 9.59 Å². The second-order valence-corrected chi connectivity index (χ2v) is 6.24. The molecule has 0 aromatic heterocycles. The van der Waals surface area contributed by atoms with E-state index in [0.29, 0.717) is 38.1 Å². The Hall–Kier alpha value is -1.10. The normalized spacial score (nSPS) is 28.6. The van der Waals surface area contributed by atoms with Crippen LogP contribution in [0.15, 0.2) is 0 Å². The van der Waals surface area contributed by atoms with Gasteiger partial charge >= 0.3 is 0 Å². The second-order valence-electron chi connectivity index (χ2n) is 6.24. The summed E-state index contributed by atoms with van der Waals surface area (Å²) in [6.45, 7) is 1.75. The van der Waals surface area contributed by atoms with E-state index < -0.39 is 0 Å². The van der Waals surface area contributed by atoms with Crippen LogP contribution in [0.5, 0.6) is 0 Å². The Morgan fingerprint density at radius 2 is 1.90 bits per heavy atom. The van der Waals surface area contributed by atoms with Crippen LogP contribution in [0.2, 0.25) is 0 Å². The van der Waals surface area contributed by atoms with E-state index in [-0.39, 0.29) is 17.9 Å². The fourth-order valence-corrected chi connectivity index (χ4v) is 3.21. The molecule has 2 aliphatic carbocycles. The van der Waals surface area contributed by atoms with Crippen molar-refractivity contribution in [3.05, 3.63) is 0 Å². The van der Waals surface area contributed by atoms with Crippen LogP contribution in [0, 0.1) is 5.92 Å². The van der Waals surface area contributed by atoms with Crippen LogP contribution in [0.25, 0.3) is 0 Å². The zero-order valence-corrected chi connectivity index (χ0v) is 12.0. The molecule has 3 aliphatic rings. The minimum atomic E-state index is -0.281. The van der Waals surface area contributed by atoms with Gasteiger partial charge in [-0.15, -0.1) is 0 Å². The Morgan fingerprint density at radius 1 is 1.15 bits per heavy atom. The molecule has 3 fully saturated rings. The largest absolute Gasteiger partial charge is 0.376 e. The molecule has 0 aromatic rings. The lowest BCUT2D eigenvalue weighted by atomic mass is 10.1. The average molecular weight is 280 g/mol. The van der Waals surface area contributed by atoms with Gasteiger partial charge in [-0.2, -0.15) is 0 Å². The Kier molecular flexibility index (Phi) is 4.24. The highest BCUT2D eigenvalue weighted by atomic mass is 16.5. The summed E-state index contributed by atoms with van der Waals surface area (Å²) in [6, 6.07) is -0.281. The molecule has 5 nitrogen and oxygen atoms in total. The fraction of sp³-hybridized carbons (Fsp3) is 0.867. The highest BCUT2D eigenvalue weighted by molar-refractivity contribution is 5.90. The average Bonchev–Trinajstić information content (AvgIpc) is 3.17. The van der Waals surface area contributed by atoms with E-state index in [1.54, 1.807) is 0 Å². The van der Waals surface area contributed by atoms with Crippen LogP contribution < -0.4 is 5.32 Å². The number of hydrogen-bond acceptors (Lipinski definition) is 3. The molecule has 20 heavy (non-hydrogen) atoms. The Bertz CT molecular complexity index is 375. The third kappa shape index (κ3) is 3.32. The van der Waals surface area contributed by atoms with E-state index in [2.05, 4.69) is 5.32 Å². The summed E-state index contributed by atoms with van der Waals surface area (Å²) in [5.74, 6) is 0.464. The molecule has 3 rings (SSSR count). The molecular formula is C15H24N2O3. The van der Waals surface area contributed by atoms with E-state index in [4.69, 9.17) is 4.74 Å². The van der Waals surface area contributed by atoms with Crippen LogP contribution in [0.4, 0.5) is 0 Å². The van der Waals surface area contributed by atoms with Gasteiger partial charge in [0.15, 0.2) is 0 Å². The minimum absolute atomic E-state index is 0.00876. The van der Waals surface area contributed by atoms with Gasteiger partial charge in [-0.05, 0) is 31.6 Å². The standard InChI is InChI=1S/C15H24N2O3/c18-13-7-8-17(9-10-20-12-3-1-2-4-12)15(19)14(16-13)11-5-6-11/h11-12,14H,1-10H2,(H,16,18). The molecule has 1 aliphatic heterocycles. The fourth-order valence-electron chi connectivity index (χ4n) is 3.21. The first-order valence-electron chi connectivity index (χ1n) is 7.94. The maximum absolute atomic E-state index is 12.5. The van der Waals surface area contributed by atoms with Gasteiger partial charge in [0.05, 0.1) is 12.7 Å². The number of nitrogens with zero attached hydrogens (tertiary/aromatic N) is 1. The number of rotatable bonds is 5. The second kappa shape index (κ2) is 6.12. The molecule has 0 radical (unpaired) electrons. The summed E-state index contributed by atoms with van der Waals surface area (Å²) in [6.07, 6.45) is 7.74. The van der Waals surface area contributed by atoms with Gasteiger partial charge in [0.2, 0.25) is 11.8 Å². The third-order valence-electron chi connectivity index (χ3n) is 4.61. The number of carbonyl (C=O) groups excluding carboxylic acids is 2. The van der Waals surface area contributed by atoms with Gasteiger partial charge in [0.1, 0.15) is 6.04 Å². The molecule has 2 saturated carbocycles. The predicted octanol–water partition coefficient (Wildman–Crippen LogP) is 1.07. The molecule has 1 heterocycles. The molecule has 0 spiro atoms. The molecule has 0 bridgehead atoms. The van der Waals surface area contributed by atoms with Crippen LogP contribution in [-0.2, 0) is 14.3 Å². The molecule has 2 amide bonds. The van der Waals surface area contributed by atoms with Crippen molar-refractivity contribution in [2.45, 2.75) is 57.1 Å². The molecule has 1 saturated heterocycles. The SMILES string of the molecule is O=C1CCN(CCOC2CCCC2)C(=O)C(C2CC2)N1. The summed E-state index contributed by atoms with van der Waals surface area (Å²) in [5, 5.41) is 2.88. The topological polar surface area (TPSA) is 58.6 Å². The lowest BCUT2D eigenvalue weighted by molar-refractivity contribution is -0.135. The lowest BCUT2D eigenvalue weighted by Gasteiger charge is -2.24. The number of ether oxygens (including phenoxy) is 1. The van der Waals surface area contributed by atoms with Crippen molar-refractivity contribution in [3.63, 3.8) is 0 Å². The van der Waals surface area contributed by atoms with E-state index >= 15 is 0 Å². The first-order chi connectivity index (χ1) is 9.74. The number of carbonyl (C=O) groups is 2. The van der Waals surface area contributed by atoms with Crippen LogP contribution >= 0.6 is 0 Å². The van der Waals surface area contributed by atoms with Crippen molar-refractivity contribution in [2.24, 2.45) is 5.92 Å². The van der Waals surface area contributed by atoms with Gasteiger partial charge in [-0.1, -0.05) is 12.8 Å². The van der Waals surface area contributed by atoms with E-state index in [1.165, 1.54) is 12.8 Å². The molecule has 112 valence electrons. The Labute approximate surface area is 120 Å². The number of hydrogen-bond donors (Lipinski definition) is 1. The van der Waals surface area contributed by atoms with Crippen molar-refractivity contribution < 1.29 is 14.3 Å². The summed E-state index contributed by atoms with van der Waals surface area (Å²) < 4.78 is 5.83. The minimum Gasteiger partial charge on any atom is -0.376 e. The van der Waals surface area contributed by atoms with Crippen molar-refractivity contribution in [1.82, 2.24) is 10.2 Å². The third-order valence-corrected chi connectivity index (χ3v) is 4.61. The van der Waals surface area contributed by atoms with E-state index in [0.717, 1.165) is 25.7 Å². The molecule has 1 unspecified atom stereocenters. The first-order valence-corrected chi connectivity index (χ1v) is 7.94. The zero-order valence-electron chi connectivity index (χ0n) is 12.0. The van der Waals surface area contributed by atoms with Crippen LogP contribution in [0.1, 0.15) is 44.9 Å². The summed E-state index contributed by atoms with van der Waals surface area (Å²) in [5.41, 5.74) is 0. The Balaban J connectivity index is 1.50. The van der Waals surface area contributed by atoms with E-state index in [1.807, 2.05) is 4.90 Å². The summed E-state index contributed by atoms with van der Waals surface area (Å²) >= 11 is 0. The smallest absolute Gasteiger partial charge is 0.245 e. The highest BCUT2D eigenvalue weighted by Crippen LogP contribution is 2.34. The maximum atomic E-state index is 12.5. The van der Waals surface area contributed by atoms with Gasteiger partial charge in [-0.25, -0.2) is 0 Å². The van der Waals surface area contributed by atoms with Gasteiger partial charge < -0.3 is 15.0 Å². The lowest BCUT2D eigenvalue weighted by Crippen LogP contribution is -2.47. The molecule has 1 N–H and O–H groups in total. The van der Waals surface area contributed by atoms with Gasteiger partial charge in [0, 0.05) is 19.5 Å². The zero-order chi connectivity index (χ0) is 13.9. The van der Waals surface area contributed by atoms with Crippen LogP contribution in [-0.4, -0.2) is 48.6 Å². The maximum Gasteiger partial charge on any atom is 0.245 e. The van der Waals surface area contributed by atoms with Crippen LogP contribution in [0.3, 0.4) is 0 Å². The van der Waals surface area contributed by atoms with E-state index in [9.17, 15) is 9.59 Å². The molecular weight excluding hydrogens is 256 g/mol. The van der Waals surface area contributed by atoms with Crippen molar-refractivity contribution in [2.75, 3.05) is 19.7 Å². The molecule has 5 heteroatoms. The van der Waals surface area contributed by atoms with Crippen molar-refractivity contribution in [3.8, 4) is 0 Å². The summed E-state index contributed by atoms with van der Waals surface area (Å²) in [7, 11) is 0. The van der Waals surface area contributed by atoms with Gasteiger partial charge in [0.25, 0.3) is 0 Å². The predicted molar refractivity (Wildman–Crippen MR) is 74.1 cm³/mol. The summed E-state index contributed by atoms with van der Waals surface area (Å²) in [4.78, 5) is 25.9. The quantitative estimate of drug-likeness (QED) is 0.819. The number of amides is 2. The monoisotopic (exact) mass is 280 g/mol. The molecule has 0 aromatic carbocycles. The van der Waals surface area contributed by atoms with Crippen molar-refractivity contribution >= 4 is 11.8 Å². The first kappa shape index (κ1) is 13.9. The molecule has 1 atom stereocenters. The number of nitrogens with one attached hydrogen (secondary N) is 1. The van der Waals surface area contributed by atoms with Crippen molar-refractivity contribution in [1.29, 1.82) is 0 Å².